The Bertz CT molecular complexity index is 509. The van der Waals surface area contributed by atoms with Gasteiger partial charge in [-0.1, -0.05) is 13.8 Å². The summed E-state index contributed by atoms with van der Waals surface area (Å²) in [5.41, 5.74) is 7.38. The van der Waals surface area contributed by atoms with E-state index in [-0.39, 0.29) is 10.8 Å². The minimum atomic E-state index is 0.0315. The van der Waals surface area contributed by atoms with E-state index in [9.17, 15) is 0 Å². The third kappa shape index (κ3) is 2.36. The molecule has 2 N–H and O–H groups in total. The van der Waals surface area contributed by atoms with Gasteiger partial charge in [0.05, 0.1) is 17.7 Å². The summed E-state index contributed by atoms with van der Waals surface area (Å²) in [5, 5.41) is 0. The molecule has 104 valence electrons. The largest absolute Gasteiger partial charge is 0.489 e. The van der Waals surface area contributed by atoms with Gasteiger partial charge < -0.3 is 15.2 Å². The molecule has 0 spiro atoms. The predicted octanol–water partition coefficient (Wildman–Crippen LogP) is 3.24. The lowest BCUT2D eigenvalue weighted by atomic mass is 9.96. The number of fused-ring (bicyclic) bond motifs is 1. The van der Waals surface area contributed by atoms with Crippen LogP contribution in [0.25, 0.3) is 0 Å². The molecular formula is C15H20BrNO2. The summed E-state index contributed by atoms with van der Waals surface area (Å²) in [7, 11) is 0. The summed E-state index contributed by atoms with van der Waals surface area (Å²) in [4.78, 5) is 0. The van der Waals surface area contributed by atoms with E-state index in [0.717, 1.165) is 16.0 Å². The molecule has 0 unspecified atom stereocenters. The van der Waals surface area contributed by atoms with Crippen molar-refractivity contribution in [2.45, 2.75) is 32.1 Å². The number of nitrogens with two attached hydrogens (primary N) is 1. The summed E-state index contributed by atoms with van der Waals surface area (Å²) < 4.78 is 12.8. The van der Waals surface area contributed by atoms with Gasteiger partial charge in [0.25, 0.3) is 0 Å². The first-order valence-electron chi connectivity index (χ1n) is 6.76. The summed E-state index contributed by atoms with van der Waals surface area (Å²) >= 11 is 3.61. The van der Waals surface area contributed by atoms with Gasteiger partial charge in [-0.05, 0) is 46.5 Å². The molecule has 1 aliphatic carbocycles. The molecule has 0 atom stereocenters. The van der Waals surface area contributed by atoms with Crippen LogP contribution in [0, 0.1) is 5.41 Å². The Labute approximate surface area is 122 Å². The molecule has 1 fully saturated rings. The van der Waals surface area contributed by atoms with Gasteiger partial charge in [0.2, 0.25) is 0 Å². The number of hydrogen-bond acceptors (Lipinski definition) is 3. The van der Waals surface area contributed by atoms with E-state index in [0.29, 0.717) is 19.8 Å². The third-order valence-electron chi connectivity index (χ3n) is 4.09. The zero-order valence-electron chi connectivity index (χ0n) is 11.5. The second-order valence-electron chi connectivity index (χ2n) is 6.51. The molecule has 1 heterocycles. The van der Waals surface area contributed by atoms with E-state index in [1.54, 1.807) is 0 Å². The van der Waals surface area contributed by atoms with Crippen molar-refractivity contribution in [3.8, 4) is 11.5 Å². The highest BCUT2D eigenvalue weighted by Gasteiger charge is 2.43. The lowest BCUT2D eigenvalue weighted by molar-refractivity contribution is 0.140. The van der Waals surface area contributed by atoms with Gasteiger partial charge in [0, 0.05) is 17.4 Å². The number of benzene rings is 1. The van der Waals surface area contributed by atoms with Gasteiger partial charge in [-0.15, -0.1) is 0 Å². The van der Waals surface area contributed by atoms with Gasteiger partial charge in [-0.2, -0.15) is 0 Å². The first-order valence-corrected chi connectivity index (χ1v) is 7.55. The normalized spacial score (nSPS) is 22.7. The quantitative estimate of drug-likeness (QED) is 0.907. The van der Waals surface area contributed by atoms with Gasteiger partial charge >= 0.3 is 0 Å². The number of rotatable bonds is 2. The molecule has 0 amide bonds. The molecular weight excluding hydrogens is 306 g/mol. The van der Waals surface area contributed by atoms with Crippen LogP contribution in [0.2, 0.25) is 0 Å². The lowest BCUT2D eigenvalue weighted by Gasteiger charge is -2.19. The summed E-state index contributed by atoms with van der Waals surface area (Å²) in [5.74, 6) is 1.66. The van der Waals surface area contributed by atoms with Crippen LogP contribution >= 0.6 is 15.9 Å². The van der Waals surface area contributed by atoms with Crippen molar-refractivity contribution in [2.24, 2.45) is 11.1 Å². The maximum atomic E-state index is 5.96. The third-order valence-corrected chi connectivity index (χ3v) is 4.68. The lowest BCUT2D eigenvalue weighted by Crippen LogP contribution is -2.26. The molecule has 3 rings (SSSR count). The molecule has 0 aromatic heterocycles. The van der Waals surface area contributed by atoms with Crippen LogP contribution < -0.4 is 15.2 Å². The Morgan fingerprint density at radius 2 is 1.89 bits per heavy atom. The van der Waals surface area contributed by atoms with Gasteiger partial charge in [0.1, 0.15) is 0 Å². The molecule has 1 aromatic carbocycles. The fourth-order valence-electron chi connectivity index (χ4n) is 2.47. The minimum absolute atomic E-state index is 0.0315. The van der Waals surface area contributed by atoms with E-state index in [1.165, 1.54) is 18.4 Å². The standard InChI is InChI=1S/C15H20BrNO2/c1-14(2)8-18-12-6-10(15(7-17)3-4-15)5-11(16)13(12)19-9-14/h5-6H,3-4,7-9,17H2,1-2H3. The Kier molecular flexibility index (Phi) is 3.06. The molecule has 1 saturated carbocycles. The highest BCUT2D eigenvalue weighted by atomic mass is 79.9. The number of hydrogen-bond donors (Lipinski definition) is 1. The monoisotopic (exact) mass is 325 g/mol. The average molecular weight is 326 g/mol. The minimum Gasteiger partial charge on any atom is -0.489 e. The van der Waals surface area contributed by atoms with Gasteiger partial charge in [-0.25, -0.2) is 0 Å². The fourth-order valence-corrected chi connectivity index (χ4v) is 3.02. The van der Waals surface area contributed by atoms with Crippen molar-refractivity contribution in [2.75, 3.05) is 19.8 Å². The van der Waals surface area contributed by atoms with E-state index >= 15 is 0 Å². The maximum Gasteiger partial charge on any atom is 0.175 e. The Morgan fingerprint density at radius 1 is 1.21 bits per heavy atom. The Morgan fingerprint density at radius 3 is 2.53 bits per heavy atom. The molecule has 0 saturated heterocycles. The molecule has 19 heavy (non-hydrogen) atoms. The van der Waals surface area contributed by atoms with E-state index in [1.807, 2.05) is 0 Å². The van der Waals surface area contributed by atoms with E-state index < -0.39 is 0 Å². The zero-order valence-corrected chi connectivity index (χ0v) is 13.0. The SMILES string of the molecule is CC1(C)COc2cc(C3(CN)CC3)cc(Br)c2OC1. The van der Waals surface area contributed by atoms with Crippen molar-refractivity contribution < 1.29 is 9.47 Å². The fraction of sp³-hybridized carbons (Fsp3) is 0.600. The smallest absolute Gasteiger partial charge is 0.175 e. The molecule has 1 aliphatic heterocycles. The van der Waals surface area contributed by atoms with Crippen LogP contribution in [0.15, 0.2) is 16.6 Å². The molecule has 0 bridgehead atoms. The molecule has 4 heteroatoms. The first kappa shape index (κ1) is 13.3. The van der Waals surface area contributed by atoms with Crippen molar-refractivity contribution in [1.82, 2.24) is 0 Å². The average Bonchev–Trinajstić information content (AvgIpc) is 3.15. The summed E-state index contributed by atoms with van der Waals surface area (Å²) in [6.07, 6.45) is 2.34. The van der Waals surface area contributed by atoms with Crippen molar-refractivity contribution in [3.63, 3.8) is 0 Å². The first-order chi connectivity index (χ1) is 8.96. The predicted molar refractivity (Wildman–Crippen MR) is 78.9 cm³/mol. The number of ether oxygens (including phenoxy) is 2. The highest BCUT2D eigenvalue weighted by Crippen LogP contribution is 2.51. The molecule has 3 nitrogen and oxygen atoms in total. The Hall–Kier alpha value is -0.740. The van der Waals surface area contributed by atoms with Crippen molar-refractivity contribution >= 4 is 15.9 Å². The van der Waals surface area contributed by atoms with Crippen molar-refractivity contribution in [3.05, 3.63) is 22.2 Å². The van der Waals surface area contributed by atoms with E-state index in [2.05, 4.69) is 41.9 Å². The van der Waals surface area contributed by atoms with Crippen LogP contribution in [-0.2, 0) is 5.41 Å². The number of halogens is 1. The van der Waals surface area contributed by atoms with Gasteiger partial charge in [-0.3, -0.25) is 0 Å². The zero-order chi connectivity index (χ0) is 13.7. The Balaban J connectivity index is 1.99. The maximum absolute atomic E-state index is 5.96. The molecule has 1 aromatic rings. The van der Waals surface area contributed by atoms with Crippen LogP contribution in [0.4, 0.5) is 0 Å². The highest BCUT2D eigenvalue weighted by molar-refractivity contribution is 9.10. The van der Waals surface area contributed by atoms with Crippen LogP contribution in [0.3, 0.4) is 0 Å². The topological polar surface area (TPSA) is 44.5 Å². The summed E-state index contributed by atoms with van der Waals surface area (Å²) in [6, 6.07) is 4.25. The molecule has 0 radical (unpaired) electrons. The summed E-state index contributed by atoms with van der Waals surface area (Å²) in [6.45, 7) is 6.34. The van der Waals surface area contributed by atoms with Crippen LogP contribution in [0.5, 0.6) is 11.5 Å². The van der Waals surface area contributed by atoms with E-state index in [4.69, 9.17) is 15.2 Å². The van der Waals surface area contributed by atoms with Crippen molar-refractivity contribution in [1.29, 1.82) is 0 Å². The van der Waals surface area contributed by atoms with Crippen LogP contribution in [-0.4, -0.2) is 19.8 Å². The second-order valence-corrected chi connectivity index (χ2v) is 7.37. The second kappa shape index (κ2) is 4.38. The van der Waals surface area contributed by atoms with Gasteiger partial charge in [0.15, 0.2) is 11.5 Å². The molecule has 2 aliphatic rings. The van der Waals surface area contributed by atoms with Crippen LogP contribution in [0.1, 0.15) is 32.3 Å².